The lowest BCUT2D eigenvalue weighted by atomic mass is 9.99. The minimum atomic E-state index is -4.98. The number of alkyl halides is 3. The molecule has 1 aromatic rings. The minimum absolute atomic E-state index is 0.191. The molecule has 2 rings (SSSR count). The van der Waals surface area contributed by atoms with Crippen LogP contribution in [0.4, 0.5) is 17.6 Å². The third-order valence-corrected chi connectivity index (χ3v) is 3.55. The van der Waals surface area contributed by atoms with Crippen molar-refractivity contribution in [1.29, 1.82) is 0 Å². The molecule has 0 amide bonds. The summed E-state index contributed by atoms with van der Waals surface area (Å²) < 4.78 is 54.6. The number of piperidine rings is 1. The van der Waals surface area contributed by atoms with Crippen molar-refractivity contribution in [3.05, 3.63) is 35.6 Å². The van der Waals surface area contributed by atoms with E-state index >= 15 is 0 Å². The molecule has 4 nitrogen and oxygen atoms in total. The number of carbonyl (C=O) groups excluding carboxylic acids is 1. The summed E-state index contributed by atoms with van der Waals surface area (Å²) in [6, 6.07) is 5.97. The van der Waals surface area contributed by atoms with Crippen molar-refractivity contribution < 1.29 is 31.9 Å². The van der Waals surface area contributed by atoms with Gasteiger partial charge in [-0.05, 0) is 36.5 Å². The highest BCUT2D eigenvalue weighted by Gasteiger charge is 2.42. The van der Waals surface area contributed by atoms with Crippen LogP contribution in [0.1, 0.15) is 18.4 Å². The van der Waals surface area contributed by atoms with Crippen molar-refractivity contribution in [3.63, 3.8) is 0 Å². The van der Waals surface area contributed by atoms with E-state index in [1.807, 2.05) is 0 Å². The molecule has 1 aliphatic rings. The highest BCUT2D eigenvalue weighted by atomic mass is 19.4. The molecule has 1 fully saturated rings. The van der Waals surface area contributed by atoms with Crippen molar-refractivity contribution in [2.45, 2.75) is 25.6 Å². The van der Waals surface area contributed by atoms with Gasteiger partial charge < -0.3 is 9.57 Å². The second kappa shape index (κ2) is 7.74. The first-order valence-corrected chi connectivity index (χ1v) is 7.21. The van der Waals surface area contributed by atoms with Crippen LogP contribution in [0.2, 0.25) is 0 Å². The first-order chi connectivity index (χ1) is 10.8. The summed E-state index contributed by atoms with van der Waals surface area (Å²) in [6.07, 6.45) is -3.82. The standard InChI is InChI=1S/C15H17F4NO3/c16-13-3-1-11(2-4-13)9-22-10-12-5-7-20(8-6-12)23-14(21)15(17,18)19/h1-4,12H,5-10H2. The Balaban J connectivity index is 1.65. The van der Waals surface area contributed by atoms with Crippen LogP contribution in [0.3, 0.4) is 0 Å². The molecule has 0 spiro atoms. The molecule has 8 heteroatoms. The second-order valence-electron chi connectivity index (χ2n) is 5.39. The number of hydroxylamine groups is 2. The Morgan fingerprint density at radius 3 is 2.35 bits per heavy atom. The van der Waals surface area contributed by atoms with Gasteiger partial charge in [0.05, 0.1) is 6.61 Å². The number of hydrogen-bond donors (Lipinski definition) is 0. The molecule has 0 unspecified atom stereocenters. The van der Waals surface area contributed by atoms with Crippen molar-refractivity contribution in [2.24, 2.45) is 5.92 Å². The van der Waals surface area contributed by atoms with E-state index < -0.39 is 12.1 Å². The molecule has 0 atom stereocenters. The lowest BCUT2D eigenvalue weighted by Gasteiger charge is -2.30. The molecule has 0 bridgehead atoms. The third-order valence-electron chi connectivity index (χ3n) is 3.55. The van der Waals surface area contributed by atoms with Crippen LogP contribution in [-0.4, -0.2) is 36.9 Å². The van der Waals surface area contributed by atoms with E-state index in [9.17, 15) is 22.4 Å². The van der Waals surface area contributed by atoms with Gasteiger partial charge in [-0.1, -0.05) is 12.1 Å². The SMILES string of the molecule is O=C(ON1CCC(COCc2ccc(F)cc2)CC1)C(F)(F)F. The van der Waals surface area contributed by atoms with Crippen molar-refractivity contribution in [1.82, 2.24) is 5.06 Å². The molecule has 0 N–H and O–H groups in total. The van der Waals surface area contributed by atoms with Crippen LogP contribution in [0.5, 0.6) is 0 Å². The lowest BCUT2D eigenvalue weighted by molar-refractivity contribution is -0.242. The Bertz CT molecular complexity index is 510. The fraction of sp³-hybridized carbons (Fsp3) is 0.533. The number of halogens is 4. The molecule has 0 aromatic heterocycles. The molecule has 1 saturated heterocycles. The zero-order valence-corrected chi connectivity index (χ0v) is 12.3. The van der Waals surface area contributed by atoms with E-state index in [-0.39, 0.29) is 24.8 Å². The van der Waals surface area contributed by atoms with Gasteiger partial charge in [0.15, 0.2) is 0 Å². The average molecular weight is 335 g/mol. The van der Waals surface area contributed by atoms with Crippen LogP contribution < -0.4 is 0 Å². The van der Waals surface area contributed by atoms with E-state index in [1.165, 1.54) is 12.1 Å². The molecular formula is C15H17F4NO3. The zero-order valence-electron chi connectivity index (χ0n) is 12.3. The molecule has 0 aliphatic carbocycles. The molecule has 0 radical (unpaired) electrons. The fourth-order valence-corrected chi connectivity index (χ4v) is 2.26. The van der Waals surface area contributed by atoms with E-state index in [0.29, 0.717) is 26.1 Å². The third kappa shape index (κ3) is 5.80. The summed E-state index contributed by atoms with van der Waals surface area (Å²) >= 11 is 0. The van der Waals surface area contributed by atoms with Gasteiger partial charge in [-0.15, -0.1) is 5.06 Å². The molecular weight excluding hydrogens is 318 g/mol. The topological polar surface area (TPSA) is 38.8 Å². The summed E-state index contributed by atoms with van der Waals surface area (Å²) in [4.78, 5) is 15.0. The highest BCUT2D eigenvalue weighted by Crippen LogP contribution is 2.22. The van der Waals surface area contributed by atoms with Gasteiger partial charge in [0, 0.05) is 19.7 Å². The first kappa shape index (κ1) is 17.7. The van der Waals surface area contributed by atoms with Crippen LogP contribution in [0.15, 0.2) is 24.3 Å². The normalized spacial score (nSPS) is 17.2. The number of rotatable bonds is 5. The van der Waals surface area contributed by atoms with Crippen LogP contribution in [0, 0.1) is 11.7 Å². The first-order valence-electron chi connectivity index (χ1n) is 7.21. The molecule has 1 heterocycles. The maximum atomic E-state index is 12.7. The van der Waals surface area contributed by atoms with Gasteiger partial charge in [0.25, 0.3) is 0 Å². The van der Waals surface area contributed by atoms with Crippen LogP contribution in [-0.2, 0) is 21.0 Å². The number of carbonyl (C=O) groups is 1. The Morgan fingerprint density at radius 1 is 1.17 bits per heavy atom. The summed E-state index contributed by atoms with van der Waals surface area (Å²) in [5.41, 5.74) is 0.850. The average Bonchev–Trinajstić information content (AvgIpc) is 2.50. The molecule has 1 aromatic carbocycles. The molecule has 1 aliphatic heterocycles. The Labute approximate surface area is 130 Å². The van der Waals surface area contributed by atoms with Crippen LogP contribution >= 0.6 is 0 Å². The van der Waals surface area contributed by atoms with E-state index in [1.54, 1.807) is 12.1 Å². The van der Waals surface area contributed by atoms with E-state index in [2.05, 4.69) is 4.84 Å². The lowest BCUT2D eigenvalue weighted by Crippen LogP contribution is -2.40. The number of ether oxygens (including phenoxy) is 1. The van der Waals surface area contributed by atoms with Gasteiger partial charge >= 0.3 is 12.1 Å². The van der Waals surface area contributed by atoms with Crippen molar-refractivity contribution in [3.8, 4) is 0 Å². The van der Waals surface area contributed by atoms with Gasteiger partial charge in [-0.2, -0.15) is 13.2 Å². The summed E-state index contributed by atoms with van der Waals surface area (Å²) in [6.45, 7) is 1.29. The van der Waals surface area contributed by atoms with E-state index in [0.717, 1.165) is 10.6 Å². The smallest absolute Gasteiger partial charge is 0.376 e. The van der Waals surface area contributed by atoms with Crippen molar-refractivity contribution in [2.75, 3.05) is 19.7 Å². The maximum Gasteiger partial charge on any atom is 0.492 e. The second-order valence-corrected chi connectivity index (χ2v) is 5.39. The van der Waals surface area contributed by atoms with Gasteiger partial charge in [0.2, 0.25) is 0 Å². The Morgan fingerprint density at radius 2 is 1.78 bits per heavy atom. The summed E-state index contributed by atoms with van der Waals surface area (Å²) in [7, 11) is 0. The predicted octanol–water partition coefficient (Wildman–Crippen LogP) is 3.07. The summed E-state index contributed by atoms with van der Waals surface area (Å²) in [5, 5.41) is 1.03. The zero-order chi connectivity index (χ0) is 16.9. The molecule has 0 saturated carbocycles. The number of hydrogen-bond acceptors (Lipinski definition) is 4. The van der Waals surface area contributed by atoms with Gasteiger partial charge in [0.1, 0.15) is 5.82 Å². The Hall–Kier alpha value is -1.67. The Kier molecular flexibility index (Phi) is 5.95. The van der Waals surface area contributed by atoms with Gasteiger partial charge in [-0.3, -0.25) is 0 Å². The maximum absolute atomic E-state index is 12.7. The number of benzene rings is 1. The number of nitrogens with zero attached hydrogens (tertiary/aromatic N) is 1. The highest BCUT2D eigenvalue weighted by molar-refractivity contribution is 5.75. The largest absolute Gasteiger partial charge is 0.492 e. The monoisotopic (exact) mass is 335 g/mol. The molecule has 23 heavy (non-hydrogen) atoms. The van der Waals surface area contributed by atoms with Crippen LogP contribution in [0.25, 0.3) is 0 Å². The summed E-state index contributed by atoms with van der Waals surface area (Å²) in [5.74, 6) is -2.31. The molecule has 128 valence electrons. The quantitative estimate of drug-likeness (QED) is 0.775. The predicted molar refractivity (Wildman–Crippen MR) is 72.5 cm³/mol. The fourth-order valence-electron chi connectivity index (χ4n) is 2.26. The van der Waals surface area contributed by atoms with Gasteiger partial charge in [-0.25, -0.2) is 9.18 Å². The van der Waals surface area contributed by atoms with E-state index in [4.69, 9.17) is 4.74 Å². The van der Waals surface area contributed by atoms with Crippen molar-refractivity contribution >= 4 is 5.97 Å². The minimum Gasteiger partial charge on any atom is -0.376 e.